The fourth-order valence-corrected chi connectivity index (χ4v) is 4.11. The van der Waals surface area contributed by atoms with E-state index < -0.39 is 62.2 Å². The van der Waals surface area contributed by atoms with Crippen LogP contribution >= 0.6 is 0 Å². The van der Waals surface area contributed by atoms with Crippen molar-refractivity contribution in [3.05, 3.63) is 53.9 Å². The van der Waals surface area contributed by atoms with Crippen LogP contribution in [-0.2, 0) is 4.79 Å². The monoisotopic (exact) mass is 550 g/mol. The van der Waals surface area contributed by atoms with Crippen LogP contribution in [-0.4, -0.2) is 116 Å². The molecule has 4 rings (SSSR count). The van der Waals surface area contributed by atoms with Crippen LogP contribution in [0.3, 0.4) is 0 Å². The van der Waals surface area contributed by atoms with Crippen LogP contribution < -0.4 is 9.47 Å². The smallest absolute Gasteiger partial charge is 0.333 e. The highest BCUT2D eigenvalue weighted by atomic mass is 16.7. The highest BCUT2D eigenvalue weighted by Gasteiger charge is 2.80. The van der Waals surface area contributed by atoms with Crippen molar-refractivity contribution in [1.82, 2.24) is 19.8 Å². The van der Waals surface area contributed by atoms with Gasteiger partial charge in [-0.05, 0) is 12.1 Å². The molecule has 3 aromatic rings. The average molecular weight is 550 g/mol. The quantitative estimate of drug-likeness (QED) is 0.0841. The van der Waals surface area contributed by atoms with Gasteiger partial charge in [-0.25, -0.2) is 14.8 Å². The summed E-state index contributed by atoms with van der Waals surface area (Å²) in [5.74, 6) is -24.5. The van der Waals surface area contributed by atoms with Crippen molar-refractivity contribution in [1.29, 1.82) is 0 Å². The summed E-state index contributed by atoms with van der Waals surface area (Å²) < 4.78 is 10.2. The number of hydrogen-bond donors (Lipinski definition) is 9. The second-order valence-electron chi connectivity index (χ2n) is 8.31. The Morgan fingerprint density at radius 1 is 0.821 bits per heavy atom. The lowest BCUT2D eigenvalue weighted by molar-refractivity contribution is -0.588. The summed E-state index contributed by atoms with van der Waals surface area (Å²) in [7, 11) is 2.42. The van der Waals surface area contributed by atoms with Crippen LogP contribution in [0.5, 0.6) is 11.6 Å². The summed E-state index contributed by atoms with van der Waals surface area (Å²) in [5.41, 5.74) is -1.11. The minimum atomic E-state index is -4.65. The number of fused-ring (bicyclic) bond motifs is 1. The molecule has 2 aromatic heterocycles. The molecule has 3 heterocycles. The lowest BCUT2D eigenvalue weighted by Gasteiger charge is -2.59. The number of methoxy groups -OCH3 is 2. The van der Waals surface area contributed by atoms with E-state index in [9.17, 15) is 55.2 Å². The third kappa shape index (κ3) is 3.72. The Morgan fingerprint density at radius 2 is 1.36 bits per heavy atom. The number of carbonyl (C=O) groups excluding carboxylic acids is 3. The molecule has 2 amide bonds. The third-order valence-corrected chi connectivity index (χ3v) is 6.07. The summed E-state index contributed by atoms with van der Waals surface area (Å²) in [5, 5.41) is 84.6. The molecule has 0 bridgehead atoms. The number of aliphatic hydroxyl groups is 8. The molecule has 1 aliphatic heterocycles. The number of nitrogens with zero attached hydrogens (tertiary/aromatic N) is 3. The van der Waals surface area contributed by atoms with Crippen LogP contribution in [0.2, 0.25) is 0 Å². The summed E-state index contributed by atoms with van der Waals surface area (Å²) in [6.45, 7) is 0. The van der Waals surface area contributed by atoms with Crippen LogP contribution in [0.15, 0.2) is 42.7 Å². The molecular weight excluding hydrogens is 528 g/mol. The van der Waals surface area contributed by atoms with Gasteiger partial charge < -0.3 is 55.3 Å². The first-order valence-corrected chi connectivity index (χ1v) is 10.7. The number of rotatable bonds is 5. The Labute approximate surface area is 216 Å². The number of Topliss-reactive ketones (excluding diaryl/α,β-unsaturated/α-hetero) is 1. The van der Waals surface area contributed by atoms with Gasteiger partial charge >= 0.3 is 29.6 Å². The molecule has 1 aromatic carbocycles. The largest absolute Gasteiger partial charge is 0.494 e. The minimum absolute atomic E-state index is 0.0159. The summed E-state index contributed by atoms with van der Waals surface area (Å²) in [6.07, 6.45) is 2.02. The van der Waals surface area contributed by atoms with Crippen molar-refractivity contribution in [2.75, 3.05) is 14.2 Å². The first kappa shape index (κ1) is 27.8. The van der Waals surface area contributed by atoms with Gasteiger partial charge in [-0.3, -0.25) is 14.4 Å². The molecule has 1 fully saturated rings. The normalized spacial score (nSPS) is 19.0. The van der Waals surface area contributed by atoms with Crippen LogP contribution in [0.4, 0.5) is 0 Å². The molecule has 0 unspecified atom stereocenters. The number of aromatic amines is 1. The summed E-state index contributed by atoms with van der Waals surface area (Å²) >= 11 is 0. The SMILES string of the molecule is COc1ncc(OC)c2c(C(=O)C(=O)N3C(O)(O)C(O)(O)N(C(=O)c4ccccc4)C(O)(O)C3(O)O)c[nH]c12. The van der Waals surface area contributed by atoms with Crippen molar-refractivity contribution in [3.8, 4) is 11.6 Å². The number of pyridine rings is 1. The van der Waals surface area contributed by atoms with E-state index >= 15 is 0 Å². The molecule has 1 saturated heterocycles. The van der Waals surface area contributed by atoms with Gasteiger partial charge in [0, 0.05) is 11.8 Å². The lowest BCUT2D eigenvalue weighted by Crippen LogP contribution is -2.91. The minimum Gasteiger partial charge on any atom is -0.494 e. The Hall–Kier alpha value is -4.20. The zero-order valence-corrected chi connectivity index (χ0v) is 20.0. The molecule has 17 heteroatoms. The van der Waals surface area contributed by atoms with E-state index in [1.54, 1.807) is 0 Å². The van der Waals surface area contributed by atoms with Gasteiger partial charge in [0.25, 0.3) is 11.7 Å². The van der Waals surface area contributed by atoms with Gasteiger partial charge in [0.2, 0.25) is 5.88 Å². The number of ether oxygens (including phenoxy) is 2. The van der Waals surface area contributed by atoms with Gasteiger partial charge in [0.1, 0.15) is 11.3 Å². The number of piperazine rings is 1. The molecule has 0 saturated carbocycles. The third-order valence-electron chi connectivity index (χ3n) is 6.07. The Balaban J connectivity index is 1.85. The second-order valence-corrected chi connectivity index (χ2v) is 8.31. The molecule has 17 nitrogen and oxygen atoms in total. The standard InChI is InChI=1S/C22H22N4O13/c1-38-12-9-24-16(39-2)14-13(12)11(8-23-14)15(27)18(29)26-21(34,35)19(30,31)25(20(32,33)22(26,36)37)17(28)10-6-4-3-5-7-10/h3-9,23,30-37H,1-2H3. The highest BCUT2D eigenvalue weighted by Crippen LogP contribution is 2.45. The van der Waals surface area contributed by atoms with E-state index in [0.717, 1.165) is 24.5 Å². The number of H-pyrrole nitrogens is 1. The van der Waals surface area contributed by atoms with E-state index in [-0.39, 0.29) is 22.5 Å². The van der Waals surface area contributed by atoms with Gasteiger partial charge in [0.15, 0.2) is 0 Å². The van der Waals surface area contributed by atoms with Gasteiger partial charge in [-0.1, -0.05) is 18.2 Å². The lowest BCUT2D eigenvalue weighted by atomic mass is 10.0. The van der Waals surface area contributed by atoms with Gasteiger partial charge in [-0.15, -0.1) is 0 Å². The van der Waals surface area contributed by atoms with Crippen molar-refractivity contribution in [2.45, 2.75) is 23.6 Å². The zero-order chi connectivity index (χ0) is 29.1. The molecule has 1 aliphatic rings. The first-order chi connectivity index (χ1) is 18.1. The predicted molar refractivity (Wildman–Crippen MR) is 122 cm³/mol. The molecule has 208 valence electrons. The molecule has 0 aliphatic carbocycles. The fourth-order valence-electron chi connectivity index (χ4n) is 4.11. The molecule has 9 N–H and O–H groups in total. The fraction of sp³-hybridized carbons (Fsp3) is 0.273. The topological polar surface area (TPSA) is 267 Å². The average Bonchev–Trinajstić information content (AvgIpc) is 3.32. The Kier molecular flexibility index (Phi) is 6.37. The number of aromatic nitrogens is 2. The maximum Gasteiger partial charge on any atom is 0.333 e. The second kappa shape index (κ2) is 8.93. The molecular formula is C22H22N4O13. The predicted octanol–water partition coefficient (Wildman–Crippen LogP) is -3.70. The number of ketones is 1. The molecule has 39 heavy (non-hydrogen) atoms. The van der Waals surface area contributed by atoms with E-state index in [1.165, 1.54) is 32.4 Å². The molecule has 0 radical (unpaired) electrons. The van der Waals surface area contributed by atoms with Crippen LogP contribution in [0.25, 0.3) is 10.9 Å². The highest BCUT2D eigenvalue weighted by molar-refractivity contribution is 6.45. The molecule has 0 spiro atoms. The Bertz CT molecular complexity index is 1440. The maximum absolute atomic E-state index is 13.2. The van der Waals surface area contributed by atoms with Crippen LogP contribution in [0.1, 0.15) is 20.7 Å². The zero-order valence-electron chi connectivity index (χ0n) is 20.0. The van der Waals surface area contributed by atoms with Gasteiger partial charge in [0.05, 0.1) is 31.4 Å². The van der Waals surface area contributed by atoms with Crippen molar-refractivity contribution in [2.24, 2.45) is 0 Å². The van der Waals surface area contributed by atoms with Crippen molar-refractivity contribution < 1.29 is 64.7 Å². The van der Waals surface area contributed by atoms with Gasteiger partial charge in [-0.2, -0.15) is 0 Å². The van der Waals surface area contributed by atoms with Crippen LogP contribution in [0, 0.1) is 0 Å². The number of hydrogen-bond acceptors (Lipinski definition) is 14. The first-order valence-electron chi connectivity index (χ1n) is 10.7. The van der Waals surface area contributed by atoms with E-state index in [4.69, 9.17) is 9.47 Å². The number of amides is 2. The maximum atomic E-state index is 13.2. The van der Waals surface area contributed by atoms with Crippen molar-refractivity contribution in [3.63, 3.8) is 0 Å². The summed E-state index contributed by atoms with van der Waals surface area (Å²) in [4.78, 5) is 43.9. The van der Waals surface area contributed by atoms with E-state index in [0.29, 0.717) is 0 Å². The van der Waals surface area contributed by atoms with Crippen molar-refractivity contribution >= 4 is 28.5 Å². The number of nitrogens with one attached hydrogen (secondary N) is 1. The van der Waals surface area contributed by atoms with E-state index in [2.05, 4.69) is 9.97 Å². The number of benzene rings is 1. The molecule has 0 atom stereocenters. The summed E-state index contributed by atoms with van der Waals surface area (Å²) in [6, 6.07) is 5.99. The van der Waals surface area contributed by atoms with E-state index in [1.807, 2.05) is 0 Å². The number of carbonyl (C=O) groups is 3. The Morgan fingerprint density at radius 3 is 1.87 bits per heavy atom.